The van der Waals surface area contributed by atoms with Gasteiger partial charge in [0.05, 0.1) is 11.6 Å². The van der Waals surface area contributed by atoms with Gasteiger partial charge in [-0.1, -0.05) is 0 Å². The van der Waals surface area contributed by atoms with Crippen LogP contribution in [0.25, 0.3) is 10.9 Å². The minimum absolute atomic E-state index is 0.236. The van der Waals surface area contributed by atoms with Crippen LogP contribution < -0.4 is 0 Å². The Morgan fingerprint density at radius 1 is 1.47 bits per heavy atom. The summed E-state index contributed by atoms with van der Waals surface area (Å²) < 4.78 is 0.915. The summed E-state index contributed by atoms with van der Waals surface area (Å²) in [7, 11) is 0. The van der Waals surface area contributed by atoms with Crippen molar-refractivity contribution in [2.75, 3.05) is 11.6 Å². The second kappa shape index (κ2) is 6.00. The lowest BCUT2D eigenvalue weighted by Gasteiger charge is -2.07. The molecular formula is C11H10BrClN2OS. The van der Waals surface area contributed by atoms with Gasteiger partial charge in [0.25, 0.3) is 0 Å². The smallest absolute Gasteiger partial charge is 0.105 e. The van der Waals surface area contributed by atoms with Gasteiger partial charge in [-0.2, -0.15) is 0 Å². The first kappa shape index (κ1) is 13.1. The summed E-state index contributed by atoms with van der Waals surface area (Å²) in [4.78, 5) is 8.60. The van der Waals surface area contributed by atoms with Crippen molar-refractivity contribution in [3.8, 4) is 0 Å². The standard InChI is InChI=1S/C11H10BrClN2OS/c12-7-3-9-10(15-5-7)1-2-14-11(9)17-6-8(16)4-13/h1-3,5,8,16H,4,6H2. The largest absolute Gasteiger partial charge is 0.391 e. The number of aromatic nitrogens is 2. The lowest BCUT2D eigenvalue weighted by atomic mass is 10.3. The molecule has 1 N–H and O–H groups in total. The van der Waals surface area contributed by atoms with Gasteiger partial charge >= 0.3 is 0 Å². The first-order valence-corrected chi connectivity index (χ1v) is 7.29. The molecule has 0 fully saturated rings. The van der Waals surface area contributed by atoms with Gasteiger partial charge in [0.2, 0.25) is 0 Å². The summed E-state index contributed by atoms with van der Waals surface area (Å²) in [6.07, 6.45) is 2.96. The van der Waals surface area contributed by atoms with Crippen molar-refractivity contribution >= 4 is 50.2 Å². The van der Waals surface area contributed by atoms with Crippen LogP contribution in [0, 0.1) is 0 Å². The maximum Gasteiger partial charge on any atom is 0.105 e. The van der Waals surface area contributed by atoms with Crippen LogP contribution in [0.3, 0.4) is 0 Å². The fourth-order valence-corrected chi connectivity index (χ4v) is 2.83. The third-order valence-electron chi connectivity index (χ3n) is 2.13. The van der Waals surface area contributed by atoms with Gasteiger partial charge in [-0.05, 0) is 28.1 Å². The Kier molecular flexibility index (Phi) is 4.62. The van der Waals surface area contributed by atoms with Gasteiger partial charge in [-0.15, -0.1) is 23.4 Å². The van der Waals surface area contributed by atoms with Crippen LogP contribution in [0.1, 0.15) is 0 Å². The van der Waals surface area contributed by atoms with Crippen LogP contribution in [0.5, 0.6) is 0 Å². The van der Waals surface area contributed by atoms with Crippen LogP contribution in [0.2, 0.25) is 0 Å². The SMILES string of the molecule is OC(CCl)CSc1nccc2ncc(Br)cc12. The Balaban J connectivity index is 2.30. The van der Waals surface area contributed by atoms with E-state index in [1.807, 2.05) is 12.1 Å². The molecule has 0 aliphatic rings. The number of pyridine rings is 2. The highest BCUT2D eigenvalue weighted by Crippen LogP contribution is 2.27. The predicted molar refractivity (Wildman–Crippen MR) is 74.7 cm³/mol. The molecule has 2 rings (SSSR count). The number of hydrogen-bond donors (Lipinski definition) is 1. The van der Waals surface area contributed by atoms with Crippen molar-refractivity contribution in [3.63, 3.8) is 0 Å². The minimum atomic E-state index is -0.515. The number of hydrogen-bond acceptors (Lipinski definition) is 4. The second-order valence-corrected chi connectivity index (χ2v) is 5.69. The lowest BCUT2D eigenvalue weighted by molar-refractivity contribution is 0.223. The van der Waals surface area contributed by atoms with E-state index in [9.17, 15) is 5.11 Å². The van der Waals surface area contributed by atoms with Gasteiger partial charge in [0, 0.05) is 33.9 Å². The first-order valence-electron chi connectivity index (χ1n) is 4.98. The topological polar surface area (TPSA) is 46.0 Å². The Hall–Kier alpha value is -0.360. The van der Waals surface area contributed by atoms with E-state index in [0.29, 0.717) is 5.75 Å². The Morgan fingerprint density at radius 3 is 3.06 bits per heavy atom. The fourth-order valence-electron chi connectivity index (χ4n) is 1.33. The molecule has 0 saturated heterocycles. The molecule has 0 saturated carbocycles. The van der Waals surface area contributed by atoms with E-state index in [-0.39, 0.29) is 5.88 Å². The van der Waals surface area contributed by atoms with Crippen LogP contribution in [-0.4, -0.2) is 32.8 Å². The molecule has 0 amide bonds. The molecule has 17 heavy (non-hydrogen) atoms. The molecule has 0 bridgehead atoms. The van der Waals surface area contributed by atoms with Crippen LogP contribution in [-0.2, 0) is 0 Å². The molecule has 2 aromatic heterocycles. The number of fused-ring (bicyclic) bond motifs is 1. The van der Waals surface area contributed by atoms with Crippen LogP contribution in [0.4, 0.5) is 0 Å². The van der Waals surface area contributed by atoms with Gasteiger partial charge in [-0.3, -0.25) is 4.98 Å². The molecule has 90 valence electrons. The molecule has 3 nitrogen and oxygen atoms in total. The third kappa shape index (κ3) is 3.31. The van der Waals surface area contributed by atoms with Crippen molar-refractivity contribution in [1.82, 2.24) is 9.97 Å². The lowest BCUT2D eigenvalue weighted by Crippen LogP contribution is -2.11. The average Bonchev–Trinajstić information content (AvgIpc) is 2.35. The minimum Gasteiger partial charge on any atom is -0.391 e. The molecule has 1 atom stereocenters. The number of rotatable bonds is 4. The van der Waals surface area contributed by atoms with Crippen LogP contribution >= 0.6 is 39.3 Å². The molecule has 0 spiro atoms. The summed E-state index contributed by atoms with van der Waals surface area (Å²) in [6.45, 7) is 0. The quantitative estimate of drug-likeness (QED) is 0.690. The maximum absolute atomic E-state index is 9.44. The van der Waals surface area contributed by atoms with E-state index in [1.165, 1.54) is 11.8 Å². The summed E-state index contributed by atoms with van der Waals surface area (Å²) in [6, 6.07) is 3.84. The van der Waals surface area contributed by atoms with Gasteiger partial charge < -0.3 is 5.11 Å². The van der Waals surface area contributed by atoms with E-state index in [0.717, 1.165) is 20.4 Å². The third-order valence-corrected chi connectivity index (χ3v) is 4.07. The highest BCUT2D eigenvalue weighted by atomic mass is 79.9. The molecule has 0 aliphatic heterocycles. The zero-order chi connectivity index (χ0) is 12.3. The molecule has 1 unspecified atom stereocenters. The van der Waals surface area contributed by atoms with Crippen molar-refractivity contribution in [2.45, 2.75) is 11.1 Å². The fraction of sp³-hybridized carbons (Fsp3) is 0.273. The summed E-state index contributed by atoms with van der Waals surface area (Å²) in [5, 5.41) is 11.3. The average molecular weight is 334 g/mol. The molecule has 6 heteroatoms. The maximum atomic E-state index is 9.44. The van der Waals surface area contributed by atoms with Gasteiger partial charge in [-0.25, -0.2) is 4.98 Å². The van der Waals surface area contributed by atoms with Crippen molar-refractivity contribution in [2.24, 2.45) is 0 Å². The van der Waals surface area contributed by atoms with E-state index >= 15 is 0 Å². The van der Waals surface area contributed by atoms with Crippen molar-refractivity contribution < 1.29 is 5.11 Å². The monoisotopic (exact) mass is 332 g/mol. The summed E-state index contributed by atoms with van der Waals surface area (Å²) in [5.41, 5.74) is 0.895. The molecule has 0 radical (unpaired) electrons. The number of thioether (sulfide) groups is 1. The molecular weight excluding hydrogens is 324 g/mol. The van der Waals surface area contributed by atoms with E-state index in [1.54, 1.807) is 12.4 Å². The van der Waals surface area contributed by atoms with E-state index in [4.69, 9.17) is 11.6 Å². The Bertz CT molecular complexity index is 526. The molecule has 2 heterocycles. The number of halogens is 2. The molecule has 0 aromatic carbocycles. The van der Waals surface area contributed by atoms with Gasteiger partial charge in [0.1, 0.15) is 5.03 Å². The predicted octanol–water partition coefficient (Wildman–Crippen LogP) is 3.08. The summed E-state index contributed by atoms with van der Waals surface area (Å²) >= 11 is 10.4. The van der Waals surface area contributed by atoms with Gasteiger partial charge in [0.15, 0.2) is 0 Å². The number of aliphatic hydroxyl groups is 1. The molecule has 2 aromatic rings. The molecule has 0 aliphatic carbocycles. The number of alkyl halides is 1. The zero-order valence-electron chi connectivity index (χ0n) is 8.81. The first-order chi connectivity index (χ1) is 8.20. The van der Waals surface area contributed by atoms with Crippen molar-refractivity contribution in [1.29, 1.82) is 0 Å². The number of aliphatic hydroxyl groups excluding tert-OH is 1. The highest BCUT2D eigenvalue weighted by molar-refractivity contribution is 9.10. The Morgan fingerprint density at radius 2 is 2.29 bits per heavy atom. The van der Waals surface area contributed by atoms with Crippen molar-refractivity contribution in [3.05, 3.63) is 29.0 Å². The zero-order valence-corrected chi connectivity index (χ0v) is 12.0. The summed E-state index contributed by atoms with van der Waals surface area (Å²) in [5.74, 6) is 0.766. The Labute approximate surface area is 117 Å². The van der Waals surface area contributed by atoms with Crippen LogP contribution in [0.15, 0.2) is 34.0 Å². The highest BCUT2D eigenvalue weighted by Gasteiger charge is 2.08. The van der Waals surface area contributed by atoms with E-state index < -0.39 is 6.10 Å². The second-order valence-electron chi connectivity index (χ2n) is 3.46. The normalized spacial score (nSPS) is 12.9. The number of nitrogens with zero attached hydrogens (tertiary/aromatic N) is 2. The van der Waals surface area contributed by atoms with E-state index in [2.05, 4.69) is 25.9 Å².